The lowest BCUT2D eigenvalue weighted by molar-refractivity contribution is 0.166. The first-order chi connectivity index (χ1) is 19.2. The molecule has 7 nitrogen and oxygen atoms in total. The number of nitrogens with zero attached hydrogens (tertiary/aromatic N) is 2. The molecule has 1 heterocycles. The van der Waals surface area contributed by atoms with Crippen LogP contribution in [0.15, 0.2) is 54.7 Å². The van der Waals surface area contributed by atoms with Gasteiger partial charge in [0, 0.05) is 36.2 Å². The summed E-state index contributed by atoms with van der Waals surface area (Å²) in [7, 11) is -1.45. The van der Waals surface area contributed by atoms with Gasteiger partial charge in [0.1, 0.15) is 18.2 Å². The van der Waals surface area contributed by atoms with Crippen LogP contribution in [0.2, 0.25) is 0 Å². The van der Waals surface area contributed by atoms with Crippen molar-refractivity contribution in [2.75, 3.05) is 13.7 Å². The molecule has 1 aliphatic rings. The molecule has 2 aromatic carbocycles. The van der Waals surface area contributed by atoms with Gasteiger partial charge < -0.3 is 18.9 Å². The molecule has 3 aromatic rings. The Morgan fingerprint density at radius 2 is 1.82 bits per heavy atom. The van der Waals surface area contributed by atoms with Crippen molar-refractivity contribution in [3.8, 4) is 22.8 Å². The van der Waals surface area contributed by atoms with Crippen LogP contribution in [0, 0.1) is 11.7 Å². The van der Waals surface area contributed by atoms with Gasteiger partial charge in [0.25, 0.3) is 0 Å². The molecule has 1 aromatic heterocycles. The summed E-state index contributed by atoms with van der Waals surface area (Å²) in [5.74, 6) is 1.21. The normalized spacial score (nSPS) is 15.1. The summed E-state index contributed by atoms with van der Waals surface area (Å²) in [5, 5.41) is 0. The summed E-state index contributed by atoms with van der Waals surface area (Å²) in [6.45, 7) is 9.84. The monoisotopic (exact) mass is 570 g/mol. The highest BCUT2D eigenvalue weighted by atomic mass is 31.1. The van der Waals surface area contributed by atoms with E-state index < -0.39 is 14.1 Å². The Bertz CT molecular complexity index is 1310. The van der Waals surface area contributed by atoms with Crippen LogP contribution >= 0.6 is 8.25 Å². The van der Waals surface area contributed by atoms with Crippen molar-refractivity contribution >= 4 is 8.25 Å². The van der Waals surface area contributed by atoms with E-state index in [9.17, 15) is 8.96 Å². The smallest absolute Gasteiger partial charge is 0.316 e. The summed E-state index contributed by atoms with van der Waals surface area (Å²) in [6, 6.07) is 16.1. The number of benzene rings is 2. The second-order valence-electron chi connectivity index (χ2n) is 10.9. The van der Waals surface area contributed by atoms with Gasteiger partial charge >= 0.3 is 8.25 Å². The van der Waals surface area contributed by atoms with Crippen molar-refractivity contribution < 1.29 is 27.8 Å². The molecule has 0 aliphatic heterocycles. The highest BCUT2D eigenvalue weighted by Crippen LogP contribution is 2.44. The summed E-state index contributed by atoms with van der Waals surface area (Å²) >= 11 is 0. The topological polar surface area (TPSA) is 81.1 Å². The fraction of sp³-hybridized carbons (Fsp3) is 0.452. The summed E-state index contributed by atoms with van der Waals surface area (Å²) in [5.41, 5.74) is 4.25. The van der Waals surface area contributed by atoms with Crippen LogP contribution in [0.3, 0.4) is 0 Å². The third kappa shape index (κ3) is 7.91. The molecule has 4 rings (SSSR count). The van der Waals surface area contributed by atoms with Gasteiger partial charge in [-0.15, -0.1) is 0 Å². The van der Waals surface area contributed by atoms with Crippen molar-refractivity contribution in [3.63, 3.8) is 0 Å². The maximum absolute atomic E-state index is 15.0. The molecule has 0 radical (unpaired) electrons. The van der Waals surface area contributed by atoms with Crippen LogP contribution in [0.4, 0.5) is 4.39 Å². The zero-order chi connectivity index (χ0) is 28.8. The van der Waals surface area contributed by atoms with Crippen LogP contribution in [0.1, 0.15) is 63.1 Å². The van der Waals surface area contributed by atoms with Crippen LogP contribution in [-0.2, 0) is 22.2 Å². The van der Waals surface area contributed by atoms with Crippen molar-refractivity contribution in [3.05, 3.63) is 77.2 Å². The van der Waals surface area contributed by atoms with E-state index in [2.05, 4.69) is 43.6 Å². The summed E-state index contributed by atoms with van der Waals surface area (Å²) in [6.07, 6.45) is 3.39. The van der Waals surface area contributed by atoms with Crippen molar-refractivity contribution in [1.82, 2.24) is 9.88 Å². The van der Waals surface area contributed by atoms with Crippen molar-refractivity contribution in [2.24, 2.45) is 5.92 Å². The number of rotatable bonds is 14. The Kier molecular flexibility index (Phi) is 10.4. The number of aromatic nitrogens is 1. The minimum absolute atomic E-state index is 0.0947. The van der Waals surface area contributed by atoms with E-state index in [-0.39, 0.29) is 12.5 Å². The molecule has 0 bridgehead atoms. The number of pyridine rings is 1. The molecule has 0 amide bonds. The average Bonchev–Trinajstić information content (AvgIpc) is 3.76. The van der Waals surface area contributed by atoms with Gasteiger partial charge in [-0.05, 0) is 80.8 Å². The highest BCUT2D eigenvalue weighted by molar-refractivity contribution is 7.32. The van der Waals surface area contributed by atoms with Gasteiger partial charge in [-0.3, -0.25) is 9.46 Å². The van der Waals surface area contributed by atoms with Crippen LogP contribution in [0.5, 0.6) is 11.6 Å². The van der Waals surface area contributed by atoms with E-state index in [4.69, 9.17) is 18.9 Å². The molecular formula is C31H40FN2O5P. The van der Waals surface area contributed by atoms with Gasteiger partial charge in [-0.25, -0.2) is 9.37 Å². The molecule has 40 heavy (non-hydrogen) atoms. The molecule has 1 aliphatic carbocycles. The second-order valence-corrected chi connectivity index (χ2v) is 11.8. The lowest BCUT2D eigenvalue weighted by Gasteiger charge is -2.31. The first kappa shape index (κ1) is 30.2. The average molecular weight is 571 g/mol. The van der Waals surface area contributed by atoms with E-state index in [1.807, 2.05) is 36.4 Å². The number of methoxy groups -OCH3 is 1. The maximum atomic E-state index is 15.0. The Morgan fingerprint density at radius 3 is 2.48 bits per heavy atom. The van der Waals surface area contributed by atoms with Crippen LogP contribution < -0.4 is 9.47 Å². The number of halogens is 1. The number of hydrogen-bond acceptors (Lipinski definition) is 6. The van der Waals surface area contributed by atoms with Gasteiger partial charge in [-0.1, -0.05) is 30.3 Å². The lowest BCUT2D eigenvalue weighted by Crippen LogP contribution is -2.36. The molecule has 1 saturated carbocycles. The molecule has 1 N–H and O–H groups in total. The fourth-order valence-electron chi connectivity index (χ4n) is 5.19. The van der Waals surface area contributed by atoms with Gasteiger partial charge in [0.05, 0.1) is 19.9 Å². The number of hydrogen-bond donors (Lipinski definition) is 1. The number of ether oxygens (including phenoxy) is 2. The van der Waals surface area contributed by atoms with E-state index in [1.165, 1.54) is 13.3 Å². The largest absolute Gasteiger partial charge is 0.489 e. The third-order valence-electron chi connectivity index (χ3n) is 7.45. The lowest BCUT2D eigenvalue weighted by atomic mass is 9.94. The zero-order valence-corrected chi connectivity index (χ0v) is 24.9. The Balaban J connectivity index is 1.59. The molecule has 0 saturated heterocycles. The first-order valence-electron chi connectivity index (χ1n) is 13.8. The quantitative estimate of drug-likeness (QED) is 0.209. The highest BCUT2D eigenvalue weighted by Gasteiger charge is 2.33. The van der Waals surface area contributed by atoms with E-state index in [1.54, 1.807) is 6.07 Å². The zero-order valence-electron chi connectivity index (χ0n) is 23.9. The van der Waals surface area contributed by atoms with Crippen LogP contribution in [-0.4, -0.2) is 40.6 Å². The Labute approximate surface area is 237 Å². The van der Waals surface area contributed by atoms with Crippen LogP contribution in [0.25, 0.3) is 11.1 Å². The standard InChI is InChI=1S/C31H40FN2O5P/c1-20(2)34(21(3)4)17-25-14-26(11-12-27(25)28-15-31(37-5)33-16-30(28)32)38-18-22-7-6-8-24(13-22)29(23-9-10-23)19-39-40(35)36/h6-8,11-16,20-21,23,29,40H,9-10,17-19H2,1-5H3,(H,35,36). The van der Waals surface area contributed by atoms with E-state index >= 15 is 0 Å². The molecule has 216 valence electrons. The van der Waals surface area contributed by atoms with Gasteiger partial charge in [0.15, 0.2) is 0 Å². The van der Waals surface area contributed by atoms with Gasteiger partial charge in [0.2, 0.25) is 5.88 Å². The van der Waals surface area contributed by atoms with E-state index in [0.29, 0.717) is 48.3 Å². The fourth-order valence-corrected chi connectivity index (χ4v) is 5.52. The molecule has 2 atom stereocenters. The van der Waals surface area contributed by atoms with Crippen molar-refractivity contribution in [1.29, 1.82) is 0 Å². The minimum Gasteiger partial charge on any atom is -0.489 e. The summed E-state index contributed by atoms with van der Waals surface area (Å²) in [4.78, 5) is 15.5. The minimum atomic E-state index is -2.96. The molecule has 0 spiro atoms. The molecule has 1 fully saturated rings. The van der Waals surface area contributed by atoms with E-state index in [0.717, 1.165) is 35.1 Å². The first-order valence-corrected chi connectivity index (χ1v) is 15.1. The second kappa shape index (κ2) is 13.7. The molecular weight excluding hydrogens is 530 g/mol. The summed E-state index contributed by atoms with van der Waals surface area (Å²) < 4.78 is 42.7. The predicted molar refractivity (Wildman–Crippen MR) is 155 cm³/mol. The SMILES string of the molecule is COc1cc(-c2ccc(OCc3cccc(C(CO[PH](=O)O)C4CC4)c3)cc2CN(C(C)C)C(C)C)c(F)cn1. The maximum Gasteiger partial charge on any atom is 0.316 e. The molecule has 2 unspecified atom stereocenters. The van der Waals surface area contributed by atoms with Gasteiger partial charge in [-0.2, -0.15) is 0 Å². The third-order valence-corrected chi connectivity index (χ3v) is 7.86. The molecule has 9 heteroatoms. The Hall–Kier alpha value is -2.77. The predicted octanol–water partition coefficient (Wildman–Crippen LogP) is 6.99. The van der Waals surface area contributed by atoms with Crippen molar-refractivity contribution in [2.45, 2.75) is 71.7 Å². The Morgan fingerprint density at radius 1 is 1.07 bits per heavy atom.